The van der Waals surface area contributed by atoms with Crippen LogP contribution in [0, 0.1) is 5.41 Å². The van der Waals surface area contributed by atoms with Gasteiger partial charge in [-0.3, -0.25) is 4.79 Å². The molecule has 1 saturated carbocycles. The Kier molecular flexibility index (Phi) is 4.54. The van der Waals surface area contributed by atoms with E-state index < -0.39 is 35.8 Å². The average Bonchev–Trinajstić information content (AvgIpc) is 3.22. The van der Waals surface area contributed by atoms with Gasteiger partial charge in [0.2, 0.25) is 0 Å². The quantitative estimate of drug-likeness (QED) is 0.400. The summed E-state index contributed by atoms with van der Waals surface area (Å²) in [6.07, 6.45) is -2.92. The average molecular weight is 399 g/mol. The van der Waals surface area contributed by atoms with Crippen molar-refractivity contribution >= 4 is 11.6 Å². The van der Waals surface area contributed by atoms with Gasteiger partial charge >= 0.3 is 6.18 Å². The number of nitrogens with zero attached hydrogens (tertiary/aromatic N) is 1. The molecule has 28 heavy (non-hydrogen) atoms. The third kappa shape index (κ3) is 2.76. The van der Waals surface area contributed by atoms with Crippen LogP contribution >= 0.6 is 0 Å². The minimum absolute atomic E-state index is 0.0130. The number of anilines is 1. The van der Waals surface area contributed by atoms with Gasteiger partial charge in [-0.25, -0.2) is 0 Å². The maximum atomic E-state index is 14.1. The minimum Gasteiger partial charge on any atom is -0.349 e. The summed E-state index contributed by atoms with van der Waals surface area (Å²) in [6.45, 7) is 4.06. The highest BCUT2D eigenvalue weighted by atomic mass is 19.4. The van der Waals surface area contributed by atoms with Gasteiger partial charge in [0.1, 0.15) is 0 Å². The van der Waals surface area contributed by atoms with Crippen LogP contribution in [-0.4, -0.2) is 24.5 Å². The van der Waals surface area contributed by atoms with Crippen molar-refractivity contribution in [3.05, 3.63) is 42.0 Å². The van der Waals surface area contributed by atoms with Crippen molar-refractivity contribution in [2.24, 2.45) is 5.41 Å². The third-order valence-electron chi connectivity index (χ3n) is 6.25. The molecule has 0 N–H and O–H groups in total. The van der Waals surface area contributed by atoms with Crippen LogP contribution in [0.15, 0.2) is 30.9 Å². The Hall–Kier alpha value is -1.93. The highest BCUT2D eigenvalue weighted by Gasteiger charge is 2.63. The molecule has 0 radical (unpaired) electrons. The van der Waals surface area contributed by atoms with Gasteiger partial charge in [0.05, 0.1) is 18.7 Å². The number of allylic oxidation sites excluding steroid dienone is 1. The van der Waals surface area contributed by atoms with Crippen molar-refractivity contribution in [3.8, 4) is 0 Å². The zero-order valence-corrected chi connectivity index (χ0v) is 15.2. The Morgan fingerprint density at radius 2 is 2.11 bits per heavy atom. The van der Waals surface area contributed by atoms with Crippen molar-refractivity contribution in [3.63, 3.8) is 0 Å². The van der Waals surface area contributed by atoms with Crippen LogP contribution in [0.3, 0.4) is 0 Å². The van der Waals surface area contributed by atoms with E-state index in [0.29, 0.717) is 38.7 Å². The summed E-state index contributed by atoms with van der Waals surface area (Å²) in [6, 6.07) is 3.85. The van der Waals surface area contributed by atoms with Crippen LogP contribution in [-0.2, 0) is 20.7 Å². The van der Waals surface area contributed by atoms with Gasteiger partial charge in [0.15, 0.2) is 11.9 Å². The Morgan fingerprint density at radius 1 is 1.32 bits per heavy atom. The number of carbonyl (C=O) groups is 1. The summed E-state index contributed by atoms with van der Waals surface area (Å²) >= 11 is 0. The molecule has 0 aromatic heterocycles. The first-order valence-electron chi connectivity index (χ1n) is 9.33. The molecule has 1 saturated heterocycles. The SMILES string of the molecule is C=CC[C@@]12CCC[C@]1(OC(c1cccc3c1CC(=O)N3F)C(F)(F)F)OCC2. The van der Waals surface area contributed by atoms with Gasteiger partial charge in [-0.15, -0.1) is 11.7 Å². The number of halogens is 4. The first-order valence-corrected chi connectivity index (χ1v) is 9.33. The molecule has 1 amide bonds. The summed E-state index contributed by atoms with van der Waals surface area (Å²) in [7, 11) is 0. The molecule has 3 aliphatic rings. The largest absolute Gasteiger partial charge is 0.419 e. The molecule has 1 aliphatic carbocycles. The first-order chi connectivity index (χ1) is 13.2. The molecular weight excluding hydrogens is 378 g/mol. The van der Waals surface area contributed by atoms with Crippen molar-refractivity contribution in [1.29, 1.82) is 0 Å². The maximum Gasteiger partial charge on any atom is 0.419 e. The second-order valence-corrected chi connectivity index (χ2v) is 7.71. The number of hydrogen-bond donors (Lipinski definition) is 0. The Balaban J connectivity index is 1.76. The molecule has 2 aliphatic heterocycles. The van der Waals surface area contributed by atoms with E-state index in [-0.39, 0.29) is 21.9 Å². The van der Waals surface area contributed by atoms with Gasteiger partial charge < -0.3 is 9.47 Å². The van der Waals surface area contributed by atoms with Crippen molar-refractivity contribution in [2.45, 2.75) is 56.6 Å². The number of rotatable bonds is 5. The van der Waals surface area contributed by atoms with Crippen LogP contribution in [0.5, 0.6) is 0 Å². The number of fused-ring (bicyclic) bond motifs is 2. The van der Waals surface area contributed by atoms with E-state index >= 15 is 0 Å². The summed E-state index contributed by atoms with van der Waals surface area (Å²) in [5.74, 6) is -2.25. The smallest absolute Gasteiger partial charge is 0.349 e. The molecule has 2 fully saturated rings. The monoisotopic (exact) mass is 399 g/mol. The van der Waals surface area contributed by atoms with Crippen LogP contribution in [0.4, 0.5) is 23.3 Å². The fraction of sp³-hybridized carbons (Fsp3) is 0.550. The fourth-order valence-corrected chi connectivity index (χ4v) is 4.99. The third-order valence-corrected chi connectivity index (χ3v) is 6.25. The number of hydrogen-bond acceptors (Lipinski definition) is 3. The van der Waals surface area contributed by atoms with E-state index in [2.05, 4.69) is 6.58 Å². The van der Waals surface area contributed by atoms with Gasteiger partial charge in [0.25, 0.3) is 5.91 Å². The van der Waals surface area contributed by atoms with E-state index in [1.807, 2.05) is 0 Å². The maximum absolute atomic E-state index is 14.1. The molecule has 1 aromatic rings. The number of carbonyl (C=O) groups excluding carboxylic acids is 1. The second kappa shape index (κ2) is 6.56. The molecular formula is C20H21F4NO3. The fourth-order valence-electron chi connectivity index (χ4n) is 4.99. The van der Waals surface area contributed by atoms with E-state index in [0.717, 1.165) is 0 Å². The molecule has 2 heterocycles. The molecule has 4 nitrogen and oxygen atoms in total. The lowest BCUT2D eigenvalue weighted by Gasteiger charge is -2.41. The lowest BCUT2D eigenvalue weighted by molar-refractivity contribution is -0.330. The topological polar surface area (TPSA) is 38.8 Å². The number of ether oxygens (including phenoxy) is 2. The summed E-state index contributed by atoms with van der Waals surface area (Å²) in [5, 5.41) is -0.103. The van der Waals surface area contributed by atoms with E-state index in [1.54, 1.807) is 6.08 Å². The van der Waals surface area contributed by atoms with E-state index in [4.69, 9.17) is 9.47 Å². The zero-order chi connectivity index (χ0) is 20.2. The van der Waals surface area contributed by atoms with Crippen molar-refractivity contribution in [2.75, 3.05) is 11.7 Å². The Bertz CT molecular complexity index is 797. The molecule has 152 valence electrons. The highest BCUT2D eigenvalue weighted by molar-refractivity contribution is 6.00. The van der Waals surface area contributed by atoms with E-state index in [1.165, 1.54) is 18.2 Å². The van der Waals surface area contributed by atoms with Gasteiger partial charge in [-0.05, 0) is 42.9 Å². The van der Waals surface area contributed by atoms with Crippen molar-refractivity contribution in [1.82, 2.24) is 0 Å². The van der Waals surface area contributed by atoms with Crippen LogP contribution < -0.4 is 5.12 Å². The van der Waals surface area contributed by atoms with Gasteiger partial charge in [-0.2, -0.15) is 13.2 Å². The second-order valence-electron chi connectivity index (χ2n) is 7.71. The molecule has 3 atom stereocenters. The number of benzene rings is 1. The molecule has 1 unspecified atom stereocenters. The van der Waals surface area contributed by atoms with E-state index in [9.17, 15) is 22.4 Å². The zero-order valence-electron chi connectivity index (χ0n) is 15.2. The standard InChI is InChI=1S/C20H21F4NO3/c1-2-7-18-8-4-9-19(18,27-11-10-18)28-17(20(21,22)23)13-5-3-6-15-14(13)12-16(26)25(15)24/h2-3,5-6,17H,1,4,7-12H2/t17?,18-,19+/m0/s1. The summed E-state index contributed by atoms with van der Waals surface area (Å²) < 4.78 is 67.8. The highest BCUT2D eigenvalue weighted by Crippen LogP contribution is 2.60. The lowest BCUT2D eigenvalue weighted by Crippen LogP contribution is -2.46. The van der Waals surface area contributed by atoms with Crippen LogP contribution in [0.2, 0.25) is 0 Å². The van der Waals surface area contributed by atoms with Gasteiger partial charge in [0, 0.05) is 11.8 Å². The molecule has 8 heteroatoms. The molecule has 4 rings (SSSR count). The predicted octanol–water partition coefficient (Wildman–Crippen LogP) is 4.94. The summed E-state index contributed by atoms with van der Waals surface area (Å²) in [4.78, 5) is 11.7. The molecule has 1 aromatic carbocycles. The summed E-state index contributed by atoms with van der Waals surface area (Å²) in [5.41, 5.74) is -0.922. The minimum atomic E-state index is -4.74. The number of alkyl halides is 3. The number of amides is 1. The van der Waals surface area contributed by atoms with Crippen molar-refractivity contribution < 1.29 is 31.9 Å². The normalized spacial score (nSPS) is 30.4. The molecule has 0 bridgehead atoms. The first kappa shape index (κ1) is 19.4. The predicted molar refractivity (Wildman–Crippen MR) is 93.0 cm³/mol. The van der Waals surface area contributed by atoms with Gasteiger partial charge in [-0.1, -0.05) is 22.7 Å². The lowest BCUT2D eigenvalue weighted by atomic mass is 9.77. The Morgan fingerprint density at radius 3 is 2.82 bits per heavy atom. The Labute approximate surface area is 160 Å². The van der Waals surface area contributed by atoms with Crippen LogP contribution in [0.25, 0.3) is 0 Å². The van der Waals surface area contributed by atoms with Crippen LogP contribution in [0.1, 0.15) is 49.3 Å². The molecule has 0 spiro atoms.